The van der Waals surface area contributed by atoms with Crippen molar-refractivity contribution in [2.24, 2.45) is 0 Å². The quantitative estimate of drug-likeness (QED) is 0.484. The van der Waals surface area contributed by atoms with Gasteiger partial charge in [-0.2, -0.15) is 0 Å². The van der Waals surface area contributed by atoms with Gasteiger partial charge in [0, 0.05) is 18.3 Å². The minimum Gasteiger partial charge on any atom is -0.507 e. The number of aromatic carboxylic acids is 1. The topological polar surface area (TPSA) is 81.6 Å². The first-order valence-electron chi connectivity index (χ1n) is 5.65. The van der Waals surface area contributed by atoms with E-state index in [0.29, 0.717) is 10.8 Å². The van der Waals surface area contributed by atoms with Gasteiger partial charge in [0.05, 0.1) is 0 Å². The highest BCUT2D eigenvalue weighted by molar-refractivity contribution is 7.80. The Morgan fingerprint density at radius 2 is 2.17 bits per heavy atom. The molecule has 0 atom stereocenters. The molecule has 0 aliphatic carbocycles. The van der Waals surface area contributed by atoms with Crippen LogP contribution in [0.2, 0.25) is 0 Å². The maximum absolute atomic E-state index is 10.7. The van der Waals surface area contributed by atoms with Crippen LogP contribution in [0.5, 0.6) is 5.75 Å². The molecule has 0 saturated heterocycles. The summed E-state index contributed by atoms with van der Waals surface area (Å²) in [5.74, 6) is -1.45. The molecular weight excluding hydrogens is 252 g/mol. The normalized spacial score (nSPS) is 9.83. The van der Waals surface area contributed by atoms with E-state index in [9.17, 15) is 9.90 Å². The summed E-state index contributed by atoms with van der Waals surface area (Å²) in [4.78, 5) is 10.7. The molecule has 0 aliphatic rings. The van der Waals surface area contributed by atoms with Crippen LogP contribution < -0.4 is 10.6 Å². The van der Waals surface area contributed by atoms with Crippen molar-refractivity contribution in [1.82, 2.24) is 5.32 Å². The lowest BCUT2D eigenvalue weighted by molar-refractivity contribution is 0.0694. The number of hydrogen-bond acceptors (Lipinski definition) is 3. The van der Waals surface area contributed by atoms with Crippen LogP contribution in [0.1, 0.15) is 30.1 Å². The van der Waals surface area contributed by atoms with Crippen LogP contribution in [0.4, 0.5) is 5.69 Å². The van der Waals surface area contributed by atoms with Gasteiger partial charge in [0.25, 0.3) is 0 Å². The van der Waals surface area contributed by atoms with Crippen molar-refractivity contribution in [3.8, 4) is 5.75 Å². The van der Waals surface area contributed by atoms with Crippen molar-refractivity contribution >= 4 is 29.0 Å². The molecule has 0 aliphatic heterocycles. The maximum atomic E-state index is 10.7. The van der Waals surface area contributed by atoms with Crippen LogP contribution in [0.15, 0.2) is 18.2 Å². The molecule has 0 saturated carbocycles. The molecule has 0 amide bonds. The Balaban J connectivity index is 2.60. The zero-order valence-corrected chi connectivity index (χ0v) is 10.9. The molecule has 1 aromatic rings. The van der Waals surface area contributed by atoms with Crippen LogP contribution >= 0.6 is 12.2 Å². The van der Waals surface area contributed by atoms with Crippen LogP contribution in [-0.4, -0.2) is 27.8 Å². The molecule has 98 valence electrons. The van der Waals surface area contributed by atoms with Crippen molar-refractivity contribution in [1.29, 1.82) is 0 Å². The van der Waals surface area contributed by atoms with Crippen molar-refractivity contribution in [3.63, 3.8) is 0 Å². The Bertz CT molecular complexity index is 449. The Labute approximate surface area is 111 Å². The molecule has 0 aromatic heterocycles. The van der Waals surface area contributed by atoms with Gasteiger partial charge >= 0.3 is 5.97 Å². The van der Waals surface area contributed by atoms with E-state index in [-0.39, 0.29) is 11.3 Å². The van der Waals surface area contributed by atoms with Gasteiger partial charge in [-0.15, -0.1) is 0 Å². The zero-order valence-electron chi connectivity index (χ0n) is 10.1. The summed E-state index contributed by atoms with van der Waals surface area (Å²) in [6.07, 6.45) is 2.09. The number of carbonyl (C=O) groups is 1. The van der Waals surface area contributed by atoms with Crippen LogP contribution in [0.3, 0.4) is 0 Å². The third-order valence-electron chi connectivity index (χ3n) is 2.30. The largest absolute Gasteiger partial charge is 0.507 e. The Kier molecular flexibility index (Phi) is 5.38. The molecule has 0 fully saturated rings. The zero-order chi connectivity index (χ0) is 13.5. The Hall–Kier alpha value is -1.82. The molecule has 1 aromatic carbocycles. The summed E-state index contributed by atoms with van der Waals surface area (Å²) >= 11 is 5.06. The number of thiocarbonyl (C=S) groups is 1. The smallest absolute Gasteiger partial charge is 0.339 e. The predicted octanol–water partition coefficient (Wildman–Crippen LogP) is 2.18. The fraction of sp³-hybridized carbons (Fsp3) is 0.333. The minimum atomic E-state index is -1.16. The van der Waals surface area contributed by atoms with Gasteiger partial charge in [0.2, 0.25) is 0 Å². The average Bonchev–Trinajstić information content (AvgIpc) is 2.28. The summed E-state index contributed by atoms with van der Waals surface area (Å²) in [5, 5.41) is 24.6. The maximum Gasteiger partial charge on any atom is 0.339 e. The van der Waals surface area contributed by atoms with E-state index < -0.39 is 5.97 Å². The number of anilines is 1. The van der Waals surface area contributed by atoms with Gasteiger partial charge in [-0.1, -0.05) is 13.3 Å². The molecular formula is C12H16N2O3S. The number of phenols is 1. The molecule has 18 heavy (non-hydrogen) atoms. The fourth-order valence-electron chi connectivity index (χ4n) is 1.34. The molecule has 0 unspecified atom stereocenters. The van der Waals surface area contributed by atoms with E-state index in [1.807, 2.05) is 0 Å². The molecule has 0 radical (unpaired) electrons. The second-order valence-electron chi connectivity index (χ2n) is 3.77. The number of rotatable bonds is 5. The van der Waals surface area contributed by atoms with E-state index in [4.69, 9.17) is 17.3 Å². The summed E-state index contributed by atoms with van der Waals surface area (Å²) in [5.41, 5.74) is 0.414. The summed E-state index contributed by atoms with van der Waals surface area (Å²) < 4.78 is 0. The second kappa shape index (κ2) is 6.80. The Morgan fingerprint density at radius 3 is 2.72 bits per heavy atom. The first-order valence-corrected chi connectivity index (χ1v) is 6.06. The third-order valence-corrected chi connectivity index (χ3v) is 2.55. The van der Waals surface area contributed by atoms with Crippen LogP contribution in [0.25, 0.3) is 0 Å². The van der Waals surface area contributed by atoms with E-state index in [1.165, 1.54) is 12.1 Å². The van der Waals surface area contributed by atoms with Crippen LogP contribution in [-0.2, 0) is 0 Å². The minimum absolute atomic E-state index is 0.134. The van der Waals surface area contributed by atoms with E-state index in [2.05, 4.69) is 17.6 Å². The highest BCUT2D eigenvalue weighted by Crippen LogP contribution is 2.21. The molecule has 0 heterocycles. The number of benzene rings is 1. The van der Waals surface area contributed by atoms with Gasteiger partial charge in [-0.05, 0) is 30.8 Å². The monoisotopic (exact) mass is 268 g/mol. The lowest BCUT2D eigenvalue weighted by Gasteiger charge is -2.10. The second-order valence-corrected chi connectivity index (χ2v) is 4.18. The van der Waals surface area contributed by atoms with Gasteiger partial charge in [-0.3, -0.25) is 0 Å². The molecule has 0 bridgehead atoms. The van der Waals surface area contributed by atoms with Crippen LogP contribution in [0, 0.1) is 0 Å². The van der Waals surface area contributed by atoms with E-state index >= 15 is 0 Å². The van der Waals surface area contributed by atoms with Gasteiger partial charge < -0.3 is 20.8 Å². The summed E-state index contributed by atoms with van der Waals surface area (Å²) in [6, 6.07) is 4.21. The Morgan fingerprint density at radius 1 is 1.44 bits per heavy atom. The molecule has 6 heteroatoms. The highest BCUT2D eigenvalue weighted by atomic mass is 32.1. The number of unbranched alkanes of at least 4 members (excludes halogenated alkanes) is 1. The summed E-state index contributed by atoms with van der Waals surface area (Å²) in [6.45, 7) is 2.86. The number of carboxylic acids is 1. The fourth-order valence-corrected chi connectivity index (χ4v) is 1.56. The van der Waals surface area contributed by atoms with Crippen molar-refractivity contribution < 1.29 is 15.0 Å². The standard InChI is InChI=1S/C12H16N2O3S/c1-2-3-6-13-12(18)14-8-4-5-9(11(16)17)10(15)7-8/h4-5,7,15H,2-3,6H2,1H3,(H,16,17)(H2,13,14,18). The number of nitrogens with one attached hydrogen (secondary N) is 2. The van der Waals surface area contributed by atoms with Gasteiger partial charge in [-0.25, -0.2) is 4.79 Å². The molecule has 5 nitrogen and oxygen atoms in total. The average molecular weight is 268 g/mol. The number of carboxylic acid groups (broad SMARTS) is 1. The van der Waals surface area contributed by atoms with Crippen molar-refractivity contribution in [3.05, 3.63) is 23.8 Å². The molecule has 4 N–H and O–H groups in total. The SMILES string of the molecule is CCCCNC(=S)Nc1ccc(C(=O)O)c(O)c1. The third kappa shape index (κ3) is 4.21. The van der Waals surface area contributed by atoms with Gasteiger partial charge in [0.15, 0.2) is 5.11 Å². The van der Waals surface area contributed by atoms with E-state index in [0.717, 1.165) is 19.4 Å². The lowest BCUT2D eigenvalue weighted by Crippen LogP contribution is -2.29. The predicted molar refractivity (Wildman–Crippen MR) is 74.2 cm³/mol. The highest BCUT2D eigenvalue weighted by Gasteiger charge is 2.09. The first-order chi connectivity index (χ1) is 8.54. The van der Waals surface area contributed by atoms with Crippen molar-refractivity contribution in [2.75, 3.05) is 11.9 Å². The van der Waals surface area contributed by atoms with E-state index in [1.54, 1.807) is 6.07 Å². The van der Waals surface area contributed by atoms with Gasteiger partial charge in [0.1, 0.15) is 11.3 Å². The molecule has 0 spiro atoms. The van der Waals surface area contributed by atoms with Crippen molar-refractivity contribution in [2.45, 2.75) is 19.8 Å². The molecule has 1 rings (SSSR count). The first kappa shape index (κ1) is 14.2. The number of hydrogen-bond donors (Lipinski definition) is 4. The number of aromatic hydroxyl groups is 1. The lowest BCUT2D eigenvalue weighted by atomic mass is 10.2. The summed E-state index contributed by atoms with van der Waals surface area (Å²) in [7, 11) is 0.